The minimum atomic E-state index is -3.22. The highest BCUT2D eigenvalue weighted by Gasteiger charge is 2.27. The molecule has 0 unspecified atom stereocenters. The Morgan fingerprint density at radius 3 is 2.32 bits per heavy atom. The number of hydrogen-bond donors (Lipinski definition) is 2. The van der Waals surface area contributed by atoms with Crippen molar-refractivity contribution < 1.29 is 18.1 Å². The number of rotatable bonds is 6. The molecule has 1 heterocycles. The molecule has 1 aromatic rings. The van der Waals surface area contributed by atoms with E-state index in [-0.39, 0.29) is 23.7 Å². The summed E-state index contributed by atoms with van der Waals surface area (Å²) in [4.78, 5) is 24.5. The molecule has 2 rings (SSSR count). The van der Waals surface area contributed by atoms with Crippen molar-refractivity contribution in [1.29, 1.82) is 0 Å². The number of nitrogens with one attached hydrogen (secondary N) is 2. The maximum Gasteiger partial charge on any atom is 0.269 e. The highest BCUT2D eigenvalue weighted by atomic mass is 32.2. The molecule has 0 bridgehead atoms. The van der Waals surface area contributed by atoms with Crippen LogP contribution >= 0.6 is 0 Å². The highest BCUT2D eigenvalue weighted by Crippen LogP contribution is 2.18. The number of anilines is 1. The van der Waals surface area contributed by atoms with Gasteiger partial charge in [-0.05, 0) is 31.9 Å². The standard InChI is InChI=1S/C15H22N4O5S/c1-11(18-9-7-13(8-10-18)17-25(2,23)24)15(20)16-12-3-5-14(6-4-12)19(21)22/h3-6,11,13,17H,7-10H2,1-2H3,(H,16,20)/t11-/m0/s1. The summed E-state index contributed by atoms with van der Waals surface area (Å²) >= 11 is 0. The molecule has 1 saturated heterocycles. The fourth-order valence-electron chi connectivity index (χ4n) is 2.79. The number of piperidine rings is 1. The number of nitrogens with zero attached hydrogens (tertiary/aromatic N) is 2. The van der Waals surface area contributed by atoms with Gasteiger partial charge in [0.2, 0.25) is 15.9 Å². The molecule has 0 aromatic heterocycles. The van der Waals surface area contributed by atoms with Crippen molar-refractivity contribution in [1.82, 2.24) is 9.62 Å². The second kappa shape index (κ2) is 7.89. The Labute approximate surface area is 146 Å². The molecule has 1 fully saturated rings. The summed E-state index contributed by atoms with van der Waals surface area (Å²) in [5, 5.41) is 13.4. The van der Waals surface area contributed by atoms with Gasteiger partial charge in [0, 0.05) is 37.0 Å². The molecule has 10 heteroatoms. The Morgan fingerprint density at radius 1 is 1.28 bits per heavy atom. The molecule has 0 spiro atoms. The van der Waals surface area contributed by atoms with Gasteiger partial charge in [-0.25, -0.2) is 13.1 Å². The van der Waals surface area contributed by atoms with Crippen LogP contribution in [0.25, 0.3) is 0 Å². The van der Waals surface area contributed by atoms with E-state index in [2.05, 4.69) is 10.0 Å². The van der Waals surface area contributed by atoms with E-state index in [1.165, 1.54) is 24.3 Å². The van der Waals surface area contributed by atoms with Crippen LogP contribution in [-0.2, 0) is 14.8 Å². The van der Waals surface area contributed by atoms with E-state index in [0.717, 1.165) is 6.26 Å². The molecule has 1 amide bonds. The van der Waals surface area contributed by atoms with Gasteiger partial charge in [0.15, 0.2) is 0 Å². The molecule has 138 valence electrons. The summed E-state index contributed by atoms with van der Waals surface area (Å²) in [6.07, 6.45) is 2.42. The summed E-state index contributed by atoms with van der Waals surface area (Å²) in [7, 11) is -3.22. The van der Waals surface area contributed by atoms with Gasteiger partial charge in [-0.3, -0.25) is 19.8 Å². The average molecular weight is 370 g/mol. The van der Waals surface area contributed by atoms with Gasteiger partial charge in [0.25, 0.3) is 5.69 Å². The fraction of sp³-hybridized carbons (Fsp3) is 0.533. The van der Waals surface area contributed by atoms with Crippen molar-refractivity contribution in [2.75, 3.05) is 24.7 Å². The summed E-state index contributed by atoms with van der Waals surface area (Å²) in [5.74, 6) is -0.205. The van der Waals surface area contributed by atoms with E-state index in [0.29, 0.717) is 31.6 Å². The monoisotopic (exact) mass is 370 g/mol. The third kappa shape index (κ3) is 5.76. The summed E-state index contributed by atoms with van der Waals surface area (Å²) < 4.78 is 25.1. The van der Waals surface area contributed by atoms with Crippen LogP contribution in [0.4, 0.5) is 11.4 Å². The van der Waals surface area contributed by atoms with Crippen molar-refractivity contribution in [2.24, 2.45) is 0 Å². The summed E-state index contributed by atoms with van der Waals surface area (Å²) in [6.45, 7) is 3.01. The maximum absolute atomic E-state index is 12.3. The number of sulfonamides is 1. The van der Waals surface area contributed by atoms with Crippen molar-refractivity contribution in [3.63, 3.8) is 0 Å². The molecule has 25 heavy (non-hydrogen) atoms. The zero-order chi connectivity index (χ0) is 18.6. The summed E-state index contributed by atoms with van der Waals surface area (Å²) in [5.41, 5.74) is 0.461. The van der Waals surface area contributed by atoms with Crippen LogP contribution in [0.5, 0.6) is 0 Å². The van der Waals surface area contributed by atoms with Gasteiger partial charge >= 0.3 is 0 Å². The number of amides is 1. The van der Waals surface area contributed by atoms with Gasteiger partial charge < -0.3 is 5.32 Å². The van der Waals surface area contributed by atoms with Crippen LogP contribution in [0.1, 0.15) is 19.8 Å². The number of nitro benzene ring substituents is 1. The Kier molecular flexibility index (Phi) is 6.09. The van der Waals surface area contributed by atoms with E-state index in [1.54, 1.807) is 6.92 Å². The van der Waals surface area contributed by atoms with Crippen LogP contribution in [0.15, 0.2) is 24.3 Å². The number of carbonyl (C=O) groups is 1. The van der Waals surface area contributed by atoms with E-state index in [4.69, 9.17) is 0 Å². The molecule has 0 saturated carbocycles. The predicted molar refractivity (Wildman–Crippen MR) is 93.8 cm³/mol. The number of likely N-dealkylation sites (tertiary alicyclic amines) is 1. The van der Waals surface area contributed by atoms with Crippen LogP contribution in [-0.4, -0.2) is 55.6 Å². The third-order valence-electron chi connectivity index (χ3n) is 4.18. The SMILES string of the molecule is C[C@@H](C(=O)Nc1ccc([N+](=O)[O-])cc1)N1CCC(NS(C)(=O)=O)CC1. The third-order valence-corrected chi connectivity index (χ3v) is 4.94. The lowest BCUT2D eigenvalue weighted by Crippen LogP contribution is -2.50. The van der Waals surface area contributed by atoms with Gasteiger partial charge in [-0.2, -0.15) is 0 Å². The van der Waals surface area contributed by atoms with E-state index >= 15 is 0 Å². The van der Waals surface area contributed by atoms with Gasteiger partial charge in [-0.15, -0.1) is 0 Å². The molecule has 1 aliphatic heterocycles. The van der Waals surface area contributed by atoms with E-state index in [1.807, 2.05) is 4.90 Å². The molecule has 1 aromatic carbocycles. The highest BCUT2D eigenvalue weighted by molar-refractivity contribution is 7.88. The Bertz CT molecular complexity index is 727. The molecule has 0 radical (unpaired) electrons. The van der Waals surface area contributed by atoms with Crippen LogP contribution in [0.3, 0.4) is 0 Å². The van der Waals surface area contributed by atoms with Crippen molar-refractivity contribution >= 4 is 27.3 Å². The number of benzene rings is 1. The minimum absolute atomic E-state index is 0.0357. The quantitative estimate of drug-likeness (QED) is 0.568. The van der Waals surface area contributed by atoms with Gasteiger partial charge in [0.05, 0.1) is 17.2 Å². The van der Waals surface area contributed by atoms with Crippen LogP contribution in [0, 0.1) is 10.1 Å². The first kappa shape index (κ1) is 19.3. The topological polar surface area (TPSA) is 122 Å². The van der Waals surface area contributed by atoms with Crippen molar-refractivity contribution in [3.8, 4) is 0 Å². The van der Waals surface area contributed by atoms with Crippen molar-refractivity contribution in [2.45, 2.75) is 31.8 Å². The Hall–Kier alpha value is -2.04. The molecule has 2 N–H and O–H groups in total. The zero-order valence-corrected chi connectivity index (χ0v) is 15.0. The van der Waals surface area contributed by atoms with Crippen LogP contribution in [0.2, 0.25) is 0 Å². The predicted octanol–water partition coefficient (Wildman–Crippen LogP) is 0.935. The zero-order valence-electron chi connectivity index (χ0n) is 14.1. The number of non-ortho nitro benzene ring substituents is 1. The lowest BCUT2D eigenvalue weighted by atomic mass is 10.0. The second-order valence-electron chi connectivity index (χ2n) is 6.17. The van der Waals surface area contributed by atoms with E-state index < -0.39 is 14.9 Å². The first-order valence-electron chi connectivity index (χ1n) is 7.92. The molecular formula is C15H22N4O5S. The normalized spacial score (nSPS) is 17.8. The smallest absolute Gasteiger partial charge is 0.269 e. The molecular weight excluding hydrogens is 348 g/mol. The Morgan fingerprint density at radius 2 is 1.84 bits per heavy atom. The maximum atomic E-state index is 12.3. The van der Waals surface area contributed by atoms with Crippen LogP contribution < -0.4 is 10.0 Å². The number of carbonyl (C=O) groups excluding carboxylic acids is 1. The van der Waals surface area contributed by atoms with E-state index in [9.17, 15) is 23.3 Å². The molecule has 1 aliphatic rings. The second-order valence-corrected chi connectivity index (χ2v) is 7.95. The first-order chi connectivity index (χ1) is 11.7. The molecule has 1 atom stereocenters. The Balaban J connectivity index is 1.87. The van der Waals surface area contributed by atoms with Gasteiger partial charge in [-0.1, -0.05) is 0 Å². The first-order valence-corrected chi connectivity index (χ1v) is 9.81. The lowest BCUT2D eigenvalue weighted by Gasteiger charge is -2.35. The molecule has 0 aliphatic carbocycles. The number of hydrogen-bond acceptors (Lipinski definition) is 6. The lowest BCUT2D eigenvalue weighted by molar-refractivity contribution is -0.384. The summed E-state index contributed by atoms with van der Waals surface area (Å²) in [6, 6.07) is 5.17. The molecule has 9 nitrogen and oxygen atoms in total. The largest absolute Gasteiger partial charge is 0.325 e. The minimum Gasteiger partial charge on any atom is -0.325 e. The number of nitro groups is 1. The van der Waals surface area contributed by atoms with Gasteiger partial charge in [0.1, 0.15) is 0 Å². The fourth-order valence-corrected chi connectivity index (χ4v) is 3.63. The average Bonchev–Trinajstić information content (AvgIpc) is 2.54. The van der Waals surface area contributed by atoms with Crippen molar-refractivity contribution in [3.05, 3.63) is 34.4 Å².